The Morgan fingerprint density at radius 3 is 1.68 bits per heavy atom. The Morgan fingerprint density at radius 1 is 0.839 bits per heavy atom. The van der Waals surface area contributed by atoms with Crippen LogP contribution in [-0.4, -0.2) is 98.5 Å². The first-order chi connectivity index (χ1) is 13.6. The van der Waals surface area contributed by atoms with E-state index in [1.807, 2.05) is 0 Å². The number of esters is 1. The Kier molecular flexibility index (Phi) is 7.60. The van der Waals surface area contributed by atoms with E-state index in [9.17, 15) is 61.1 Å². The number of halogens is 9. The molecule has 9 nitrogen and oxygen atoms in total. The van der Waals surface area contributed by atoms with Crippen molar-refractivity contribution in [1.29, 1.82) is 0 Å². The molecule has 0 atom stereocenters. The molecule has 1 fully saturated rings. The molecule has 0 unspecified atom stereocenters. The van der Waals surface area contributed by atoms with Crippen molar-refractivity contribution < 1.29 is 70.4 Å². The largest absolute Gasteiger partial charge is 0.455 e. The van der Waals surface area contributed by atoms with E-state index in [0.29, 0.717) is 0 Å². The minimum Gasteiger partial charge on any atom is -0.455 e. The summed E-state index contributed by atoms with van der Waals surface area (Å²) in [5.41, 5.74) is 0. The average molecular weight is 520 g/mol. The normalized spacial score (nSPS) is 18.8. The SMILES string of the molecule is O=C(CN1CCN(S(=O)(=O)C(F)(F)C(F)(F)C(F)(F)S(=O)(=O)O)CC1)OCC(F)(F)F. The molecule has 1 aliphatic heterocycles. The minimum absolute atomic E-state index is 0.404. The molecule has 0 radical (unpaired) electrons. The highest BCUT2D eigenvalue weighted by Crippen LogP contribution is 2.51. The number of carbonyl (C=O) groups excluding carboxylic acids is 1. The molecule has 184 valence electrons. The molecule has 20 heteroatoms. The maximum absolute atomic E-state index is 13.9. The van der Waals surface area contributed by atoms with Crippen LogP contribution in [0.1, 0.15) is 0 Å². The molecule has 1 aliphatic rings. The summed E-state index contributed by atoms with van der Waals surface area (Å²) in [5.74, 6) is -8.52. The Morgan fingerprint density at radius 2 is 1.29 bits per heavy atom. The van der Waals surface area contributed by atoms with Crippen molar-refractivity contribution in [3.8, 4) is 0 Å². The molecule has 1 rings (SSSR count). The first-order valence-corrected chi connectivity index (χ1v) is 10.5. The highest BCUT2D eigenvalue weighted by molar-refractivity contribution is 7.90. The first-order valence-electron chi connectivity index (χ1n) is 7.63. The summed E-state index contributed by atoms with van der Waals surface area (Å²) in [4.78, 5) is 12.1. The summed E-state index contributed by atoms with van der Waals surface area (Å²) in [5, 5.41) is -13.6. The lowest BCUT2D eigenvalue weighted by Crippen LogP contribution is -2.64. The summed E-state index contributed by atoms with van der Waals surface area (Å²) in [7, 11) is -13.8. The van der Waals surface area contributed by atoms with Crippen LogP contribution in [0.5, 0.6) is 0 Å². The molecule has 1 N–H and O–H groups in total. The van der Waals surface area contributed by atoms with Crippen molar-refractivity contribution in [2.75, 3.05) is 39.3 Å². The van der Waals surface area contributed by atoms with Gasteiger partial charge in [0.1, 0.15) is 0 Å². The van der Waals surface area contributed by atoms with Gasteiger partial charge in [-0.15, -0.1) is 0 Å². The van der Waals surface area contributed by atoms with Gasteiger partial charge in [0, 0.05) is 26.2 Å². The number of piperazine rings is 1. The molecule has 1 heterocycles. The van der Waals surface area contributed by atoms with Crippen LogP contribution in [0.25, 0.3) is 0 Å². The van der Waals surface area contributed by atoms with Gasteiger partial charge in [-0.05, 0) is 0 Å². The Bertz CT molecular complexity index is 882. The van der Waals surface area contributed by atoms with Crippen molar-refractivity contribution in [3.05, 3.63) is 0 Å². The van der Waals surface area contributed by atoms with Crippen LogP contribution in [0.3, 0.4) is 0 Å². The third-order valence-corrected chi connectivity index (χ3v) is 6.65. The van der Waals surface area contributed by atoms with Gasteiger partial charge in [-0.25, -0.2) is 8.42 Å². The van der Waals surface area contributed by atoms with Crippen molar-refractivity contribution in [1.82, 2.24) is 9.21 Å². The van der Waals surface area contributed by atoms with Gasteiger partial charge < -0.3 is 4.74 Å². The highest BCUT2D eigenvalue weighted by atomic mass is 32.2. The Hall–Kier alpha value is -1.38. The third-order valence-electron chi connectivity index (χ3n) is 3.80. The van der Waals surface area contributed by atoms with E-state index in [2.05, 4.69) is 4.74 Å². The van der Waals surface area contributed by atoms with E-state index in [4.69, 9.17) is 4.55 Å². The number of rotatable bonds is 8. The molecule has 0 saturated carbocycles. The van der Waals surface area contributed by atoms with Crippen LogP contribution >= 0.6 is 0 Å². The zero-order chi connectivity index (χ0) is 24.7. The van der Waals surface area contributed by atoms with Crippen LogP contribution < -0.4 is 0 Å². The molecule has 0 spiro atoms. The standard InChI is InChI=1S/C11H13F9N2O7S2/c12-8(13,14)6-29-7(23)5-21-1-3-22(4-2-21)30(24,25)10(17,18)9(15,16)11(19,20)31(26,27)28/h1-6H2,(H,26,27,28). The number of nitrogens with zero attached hydrogens (tertiary/aromatic N) is 2. The second-order valence-electron chi connectivity index (χ2n) is 6.04. The number of sulfonamides is 1. The zero-order valence-corrected chi connectivity index (χ0v) is 16.4. The predicted octanol–water partition coefficient (Wildman–Crippen LogP) is 0.748. The lowest BCUT2D eigenvalue weighted by atomic mass is 10.3. The van der Waals surface area contributed by atoms with Crippen molar-refractivity contribution in [2.45, 2.75) is 22.6 Å². The van der Waals surface area contributed by atoms with Crippen LogP contribution in [0.4, 0.5) is 39.5 Å². The monoisotopic (exact) mass is 520 g/mol. The van der Waals surface area contributed by atoms with Gasteiger partial charge >= 0.3 is 38.7 Å². The summed E-state index contributed by atoms with van der Waals surface area (Å²) in [6, 6.07) is 0. The van der Waals surface area contributed by atoms with E-state index in [0.717, 1.165) is 4.90 Å². The fraction of sp³-hybridized carbons (Fsp3) is 0.909. The second kappa shape index (κ2) is 8.52. The molecular formula is C11H13F9N2O7S2. The van der Waals surface area contributed by atoms with E-state index >= 15 is 0 Å². The number of alkyl halides is 9. The van der Waals surface area contributed by atoms with E-state index in [1.54, 1.807) is 0 Å². The van der Waals surface area contributed by atoms with E-state index < -0.39 is 92.4 Å². The Labute approximate surface area is 168 Å². The van der Waals surface area contributed by atoms with Gasteiger partial charge in [-0.3, -0.25) is 14.2 Å². The lowest BCUT2D eigenvalue weighted by molar-refractivity contribution is -0.247. The van der Waals surface area contributed by atoms with E-state index in [-0.39, 0.29) is 0 Å². The first kappa shape index (κ1) is 27.7. The summed E-state index contributed by atoms with van der Waals surface area (Å²) in [6.45, 7) is -6.37. The summed E-state index contributed by atoms with van der Waals surface area (Å²) >= 11 is 0. The molecule has 1 saturated heterocycles. The van der Waals surface area contributed by atoms with Crippen LogP contribution in [-0.2, 0) is 29.7 Å². The van der Waals surface area contributed by atoms with Gasteiger partial charge in [0.2, 0.25) is 0 Å². The summed E-state index contributed by atoms with van der Waals surface area (Å²) < 4.78 is 173. The number of hydrogen-bond donors (Lipinski definition) is 1. The molecule has 31 heavy (non-hydrogen) atoms. The van der Waals surface area contributed by atoms with Crippen LogP contribution in [0, 0.1) is 0 Å². The second-order valence-corrected chi connectivity index (χ2v) is 9.48. The third kappa shape index (κ3) is 5.52. The van der Waals surface area contributed by atoms with Gasteiger partial charge in [0.25, 0.3) is 10.0 Å². The molecule has 0 amide bonds. The fourth-order valence-corrected chi connectivity index (χ4v) is 4.11. The minimum atomic E-state index is -7.16. The van der Waals surface area contributed by atoms with Gasteiger partial charge in [-0.1, -0.05) is 0 Å². The maximum Gasteiger partial charge on any atom is 0.439 e. The van der Waals surface area contributed by atoms with Crippen molar-refractivity contribution >= 4 is 26.1 Å². The predicted molar refractivity (Wildman–Crippen MR) is 80.3 cm³/mol. The van der Waals surface area contributed by atoms with Crippen molar-refractivity contribution in [3.63, 3.8) is 0 Å². The molecular weight excluding hydrogens is 507 g/mol. The number of ether oxygens (including phenoxy) is 1. The maximum atomic E-state index is 13.9. The zero-order valence-electron chi connectivity index (χ0n) is 14.8. The van der Waals surface area contributed by atoms with E-state index in [1.165, 1.54) is 0 Å². The molecule has 0 aromatic rings. The average Bonchev–Trinajstić information content (AvgIpc) is 2.58. The molecule has 0 aliphatic carbocycles. The quantitative estimate of drug-likeness (QED) is 0.283. The smallest absolute Gasteiger partial charge is 0.439 e. The van der Waals surface area contributed by atoms with Crippen molar-refractivity contribution in [2.24, 2.45) is 0 Å². The summed E-state index contributed by atoms with van der Waals surface area (Å²) in [6.07, 6.45) is -4.84. The lowest BCUT2D eigenvalue weighted by Gasteiger charge is -2.37. The number of hydrogen-bond acceptors (Lipinski definition) is 7. The highest BCUT2D eigenvalue weighted by Gasteiger charge is 2.82. The van der Waals surface area contributed by atoms with Crippen LogP contribution in [0.2, 0.25) is 0 Å². The fourth-order valence-electron chi connectivity index (χ4n) is 2.17. The van der Waals surface area contributed by atoms with Gasteiger partial charge in [-0.2, -0.15) is 52.2 Å². The topological polar surface area (TPSA) is 121 Å². The van der Waals surface area contributed by atoms with Crippen LogP contribution in [0.15, 0.2) is 0 Å². The molecule has 0 aromatic heterocycles. The van der Waals surface area contributed by atoms with Gasteiger partial charge in [0.05, 0.1) is 6.54 Å². The van der Waals surface area contributed by atoms with Gasteiger partial charge in [0.15, 0.2) is 6.61 Å². The molecule has 0 bridgehead atoms. The Balaban J connectivity index is 2.92. The molecule has 0 aromatic carbocycles. The number of carbonyl (C=O) groups is 1.